The molecule has 0 atom stereocenters. The summed E-state index contributed by atoms with van der Waals surface area (Å²) in [6.45, 7) is 6.40. The second-order valence-electron chi connectivity index (χ2n) is 5.38. The Labute approximate surface area is 100 Å². The van der Waals surface area contributed by atoms with Gasteiger partial charge in [0, 0.05) is 16.6 Å². The van der Waals surface area contributed by atoms with Gasteiger partial charge in [-0.05, 0) is 17.0 Å². The molecule has 0 aliphatic heterocycles. The van der Waals surface area contributed by atoms with Gasteiger partial charge < -0.3 is 10.1 Å². The number of hydrogen-bond acceptors (Lipinski definition) is 1. The molecule has 0 spiro atoms. The van der Waals surface area contributed by atoms with Crippen molar-refractivity contribution >= 4 is 16.9 Å². The quantitative estimate of drug-likeness (QED) is 0.834. The van der Waals surface area contributed by atoms with Gasteiger partial charge in [-0.25, -0.2) is 0 Å². The Balaban J connectivity index is 2.57. The summed E-state index contributed by atoms with van der Waals surface area (Å²) in [5, 5.41) is 9.96. The summed E-state index contributed by atoms with van der Waals surface area (Å²) >= 11 is 0. The second-order valence-corrected chi connectivity index (χ2v) is 5.38. The first-order valence-electron chi connectivity index (χ1n) is 5.71. The molecule has 0 aliphatic carbocycles. The Bertz CT molecular complexity index is 561. The van der Waals surface area contributed by atoms with Gasteiger partial charge >= 0.3 is 5.97 Å². The van der Waals surface area contributed by atoms with Crippen LogP contribution >= 0.6 is 0 Å². The highest BCUT2D eigenvalue weighted by atomic mass is 16.4. The summed E-state index contributed by atoms with van der Waals surface area (Å²) in [6, 6.07) is 7.87. The van der Waals surface area contributed by atoms with E-state index < -0.39 is 5.97 Å². The van der Waals surface area contributed by atoms with Crippen molar-refractivity contribution in [1.82, 2.24) is 4.98 Å². The predicted molar refractivity (Wildman–Crippen MR) is 68.3 cm³/mol. The van der Waals surface area contributed by atoms with Gasteiger partial charge in [0.1, 0.15) is 0 Å². The van der Waals surface area contributed by atoms with Crippen molar-refractivity contribution in [2.75, 3.05) is 0 Å². The summed E-state index contributed by atoms with van der Waals surface area (Å²) in [7, 11) is 0. The van der Waals surface area contributed by atoms with Gasteiger partial charge in [-0.3, -0.25) is 4.79 Å². The summed E-state index contributed by atoms with van der Waals surface area (Å²) in [4.78, 5) is 14.1. The second kappa shape index (κ2) is 3.91. The van der Waals surface area contributed by atoms with Crippen molar-refractivity contribution in [3.63, 3.8) is 0 Å². The van der Waals surface area contributed by atoms with E-state index >= 15 is 0 Å². The van der Waals surface area contributed by atoms with Gasteiger partial charge in [-0.2, -0.15) is 0 Å². The third-order valence-electron chi connectivity index (χ3n) is 2.89. The molecule has 1 heterocycles. The van der Waals surface area contributed by atoms with E-state index in [0.717, 1.165) is 22.2 Å². The van der Waals surface area contributed by atoms with Crippen LogP contribution in [0.3, 0.4) is 0 Å². The number of carboxylic acids is 1. The SMILES string of the molecule is CC(C)(C)c1cc2cccc(CC(=O)O)c2[nH]1. The lowest BCUT2D eigenvalue weighted by Gasteiger charge is -2.15. The number of para-hydroxylation sites is 1. The number of benzene rings is 1. The number of rotatable bonds is 2. The first-order chi connectivity index (χ1) is 7.88. The summed E-state index contributed by atoms with van der Waals surface area (Å²) in [5.41, 5.74) is 2.95. The van der Waals surface area contributed by atoms with E-state index in [1.807, 2.05) is 18.2 Å². The van der Waals surface area contributed by atoms with E-state index in [2.05, 4.69) is 31.8 Å². The zero-order valence-corrected chi connectivity index (χ0v) is 10.4. The molecule has 0 radical (unpaired) electrons. The third kappa shape index (κ3) is 2.33. The van der Waals surface area contributed by atoms with Crippen LogP contribution < -0.4 is 0 Å². The van der Waals surface area contributed by atoms with E-state index in [1.54, 1.807) is 0 Å². The Morgan fingerprint density at radius 2 is 2.06 bits per heavy atom. The van der Waals surface area contributed by atoms with Crippen LogP contribution in [0.2, 0.25) is 0 Å². The highest BCUT2D eigenvalue weighted by Gasteiger charge is 2.17. The zero-order chi connectivity index (χ0) is 12.6. The highest BCUT2D eigenvalue weighted by Crippen LogP contribution is 2.27. The van der Waals surface area contributed by atoms with E-state index in [-0.39, 0.29) is 11.8 Å². The van der Waals surface area contributed by atoms with Crippen LogP contribution in [-0.4, -0.2) is 16.1 Å². The lowest BCUT2D eigenvalue weighted by Crippen LogP contribution is -2.11. The fourth-order valence-corrected chi connectivity index (χ4v) is 1.93. The maximum absolute atomic E-state index is 10.8. The van der Waals surface area contributed by atoms with Gasteiger partial charge in [-0.1, -0.05) is 39.0 Å². The maximum Gasteiger partial charge on any atom is 0.307 e. The monoisotopic (exact) mass is 231 g/mol. The largest absolute Gasteiger partial charge is 0.481 e. The molecule has 90 valence electrons. The van der Waals surface area contributed by atoms with Crippen LogP contribution in [0.5, 0.6) is 0 Å². The van der Waals surface area contributed by atoms with Gasteiger partial charge in [0.15, 0.2) is 0 Å². The average Bonchev–Trinajstić information content (AvgIpc) is 2.60. The molecule has 0 unspecified atom stereocenters. The fourth-order valence-electron chi connectivity index (χ4n) is 1.93. The minimum absolute atomic E-state index is 0.0412. The molecule has 0 amide bonds. The molecule has 0 aliphatic rings. The average molecular weight is 231 g/mol. The molecule has 0 fully saturated rings. The number of nitrogens with one attached hydrogen (secondary N) is 1. The number of fused-ring (bicyclic) bond motifs is 1. The van der Waals surface area contributed by atoms with Crippen LogP contribution in [0, 0.1) is 0 Å². The van der Waals surface area contributed by atoms with Crippen molar-refractivity contribution in [2.24, 2.45) is 0 Å². The molecule has 17 heavy (non-hydrogen) atoms. The summed E-state index contributed by atoms with van der Waals surface area (Å²) in [5.74, 6) is -0.801. The van der Waals surface area contributed by atoms with Crippen LogP contribution in [0.4, 0.5) is 0 Å². The first kappa shape index (κ1) is 11.7. The normalized spacial score (nSPS) is 11.9. The van der Waals surface area contributed by atoms with Crippen molar-refractivity contribution < 1.29 is 9.90 Å². The Hall–Kier alpha value is -1.77. The van der Waals surface area contributed by atoms with E-state index in [0.29, 0.717) is 0 Å². The van der Waals surface area contributed by atoms with E-state index in [4.69, 9.17) is 5.11 Å². The number of hydrogen-bond donors (Lipinski definition) is 2. The molecule has 2 aromatic rings. The zero-order valence-electron chi connectivity index (χ0n) is 10.4. The number of aromatic amines is 1. The van der Waals surface area contributed by atoms with Gasteiger partial charge in [-0.15, -0.1) is 0 Å². The van der Waals surface area contributed by atoms with Crippen molar-refractivity contribution in [2.45, 2.75) is 32.6 Å². The van der Waals surface area contributed by atoms with Crippen LogP contribution in [0.15, 0.2) is 24.3 Å². The lowest BCUT2D eigenvalue weighted by atomic mass is 9.92. The molecule has 2 N–H and O–H groups in total. The number of aliphatic carboxylic acids is 1. The molecule has 1 aromatic carbocycles. The summed E-state index contributed by atoms with van der Waals surface area (Å²) in [6.07, 6.45) is 0.0570. The highest BCUT2D eigenvalue weighted by molar-refractivity contribution is 5.87. The van der Waals surface area contributed by atoms with Crippen LogP contribution in [-0.2, 0) is 16.6 Å². The van der Waals surface area contributed by atoms with Gasteiger partial charge in [0.2, 0.25) is 0 Å². The molecular formula is C14H17NO2. The molecule has 3 heteroatoms. The molecule has 0 bridgehead atoms. The molecule has 3 nitrogen and oxygen atoms in total. The first-order valence-corrected chi connectivity index (χ1v) is 5.71. The van der Waals surface area contributed by atoms with E-state index in [1.165, 1.54) is 0 Å². The number of carbonyl (C=O) groups is 1. The number of H-pyrrole nitrogens is 1. The lowest BCUT2D eigenvalue weighted by molar-refractivity contribution is -0.136. The topological polar surface area (TPSA) is 53.1 Å². The maximum atomic E-state index is 10.8. The van der Waals surface area contributed by atoms with Crippen LogP contribution in [0.1, 0.15) is 32.0 Å². The molecule has 0 saturated heterocycles. The van der Waals surface area contributed by atoms with Gasteiger partial charge in [0.05, 0.1) is 6.42 Å². The Morgan fingerprint density at radius 1 is 1.35 bits per heavy atom. The van der Waals surface area contributed by atoms with E-state index in [9.17, 15) is 4.79 Å². The van der Waals surface area contributed by atoms with Crippen molar-refractivity contribution in [1.29, 1.82) is 0 Å². The van der Waals surface area contributed by atoms with Gasteiger partial charge in [0.25, 0.3) is 0 Å². The molecule has 2 rings (SSSR count). The summed E-state index contributed by atoms with van der Waals surface area (Å²) < 4.78 is 0. The Morgan fingerprint density at radius 3 is 2.65 bits per heavy atom. The predicted octanol–water partition coefficient (Wildman–Crippen LogP) is 3.09. The molecule has 0 saturated carbocycles. The smallest absolute Gasteiger partial charge is 0.307 e. The minimum atomic E-state index is -0.801. The fraction of sp³-hybridized carbons (Fsp3) is 0.357. The molecular weight excluding hydrogens is 214 g/mol. The van der Waals surface area contributed by atoms with Crippen LogP contribution in [0.25, 0.3) is 10.9 Å². The Kier molecular flexibility index (Phi) is 2.69. The number of aromatic nitrogens is 1. The minimum Gasteiger partial charge on any atom is -0.481 e. The number of carboxylic acid groups (broad SMARTS) is 1. The van der Waals surface area contributed by atoms with Crippen molar-refractivity contribution in [3.8, 4) is 0 Å². The third-order valence-corrected chi connectivity index (χ3v) is 2.89. The van der Waals surface area contributed by atoms with Crippen molar-refractivity contribution in [3.05, 3.63) is 35.5 Å². The standard InChI is InChI=1S/C14H17NO2/c1-14(2,3)11-7-9-5-4-6-10(8-12(16)17)13(9)15-11/h4-7,15H,8H2,1-3H3,(H,16,17). The molecule has 1 aromatic heterocycles.